The molecule has 0 spiro atoms. The number of likely N-dealkylation sites (N-methyl/N-ethyl adjacent to an activating group) is 1. The van der Waals surface area contributed by atoms with E-state index >= 15 is 0 Å². The lowest BCUT2D eigenvalue weighted by Crippen LogP contribution is -2.34. The number of nitrogens with zero attached hydrogens (tertiary/aromatic N) is 4. The third-order valence-corrected chi connectivity index (χ3v) is 7.40. The summed E-state index contributed by atoms with van der Waals surface area (Å²) in [4.78, 5) is 9.64. The maximum absolute atomic E-state index is 3.53. The summed E-state index contributed by atoms with van der Waals surface area (Å²) >= 11 is 0. The SMILES string of the molecule is CN(C)C1=CCC2=Cc3ccc(N(C)C)cc3N(CCCCCCN3CCNCCNCC3)C2=C1. The molecular formula is C29H46N6. The van der Waals surface area contributed by atoms with Crippen molar-refractivity contribution in [2.45, 2.75) is 32.1 Å². The molecule has 0 saturated carbocycles. The molecule has 1 aromatic carbocycles. The Balaban J connectivity index is 1.37. The number of unbranched alkanes of at least 4 members (excludes halogenated alkanes) is 3. The first-order valence-corrected chi connectivity index (χ1v) is 13.6. The first kappa shape index (κ1) is 25.8. The van der Waals surface area contributed by atoms with E-state index in [1.54, 1.807) is 0 Å². The van der Waals surface area contributed by atoms with Crippen LogP contribution >= 0.6 is 0 Å². The van der Waals surface area contributed by atoms with Crippen LogP contribution in [0.1, 0.15) is 37.7 Å². The van der Waals surface area contributed by atoms with Gasteiger partial charge in [0.15, 0.2) is 0 Å². The third-order valence-electron chi connectivity index (χ3n) is 7.40. The Hall–Kier alpha value is -2.28. The average Bonchev–Trinajstić information content (AvgIpc) is 2.98. The zero-order valence-electron chi connectivity index (χ0n) is 22.4. The lowest BCUT2D eigenvalue weighted by molar-refractivity contribution is 0.273. The predicted molar refractivity (Wildman–Crippen MR) is 151 cm³/mol. The molecule has 1 aliphatic carbocycles. The second-order valence-electron chi connectivity index (χ2n) is 10.5. The molecule has 0 amide bonds. The van der Waals surface area contributed by atoms with Crippen molar-refractivity contribution < 1.29 is 0 Å². The van der Waals surface area contributed by atoms with Crippen LogP contribution in [0.25, 0.3) is 6.08 Å². The van der Waals surface area contributed by atoms with E-state index in [1.807, 2.05) is 0 Å². The summed E-state index contributed by atoms with van der Waals surface area (Å²) < 4.78 is 0. The maximum Gasteiger partial charge on any atom is 0.0505 e. The number of hydrogen-bond acceptors (Lipinski definition) is 6. The number of nitrogens with one attached hydrogen (secondary N) is 2. The second-order valence-corrected chi connectivity index (χ2v) is 10.5. The van der Waals surface area contributed by atoms with Crippen LogP contribution in [0.5, 0.6) is 0 Å². The van der Waals surface area contributed by atoms with E-state index in [4.69, 9.17) is 0 Å². The molecule has 6 nitrogen and oxygen atoms in total. The molecule has 0 atom stereocenters. The van der Waals surface area contributed by atoms with Crippen molar-refractivity contribution in [2.75, 3.05) is 90.3 Å². The Morgan fingerprint density at radius 2 is 1.51 bits per heavy atom. The van der Waals surface area contributed by atoms with E-state index < -0.39 is 0 Å². The largest absolute Gasteiger partial charge is 0.378 e. The van der Waals surface area contributed by atoms with Crippen molar-refractivity contribution in [3.63, 3.8) is 0 Å². The molecule has 1 aromatic rings. The molecular weight excluding hydrogens is 432 g/mol. The zero-order chi connectivity index (χ0) is 24.6. The summed E-state index contributed by atoms with van der Waals surface area (Å²) in [5.74, 6) is 0. The van der Waals surface area contributed by atoms with Gasteiger partial charge in [-0.1, -0.05) is 25.0 Å². The summed E-state index contributed by atoms with van der Waals surface area (Å²) in [6, 6.07) is 6.90. The van der Waals surface area contributed by atoms with Crippen LogP contribution in [0.15, 0.2) is 47.3 Å². The molecule has 0 radical (unpaired) electrons. The van der Waals surface area contributed by atoms with Crippen molar-refractivity contribution in [1.29, 1.82) is 0 Å². The van der Waals surface area contributed by atoms with Crippen molar-refractivity contribution in [1.82, 2.24) is 20.4 Å². The molecule has 1 fully saturated rings. The van der Waals surface area contributed by atoms with E-state index in [9.17, 15) is 0 Å². The van der Waals surface area contributed by atoms with Crippen molar-refractivity contribution in [3.05, 3.63) is 52.9 Å². The van der Waals surface area contributed by atoms with Gasteiger partial charge in [0.05, 0.1) is 5.69 Å². The predicted octanol–water partition coefficient (Wildman–Crippen LogP) is 3.74. The van der Waals surface area contributed by atoms with Gasteiger partial charge in [0, 0.05) is 91.1 Å². The van der Waals surface area contributed by atoms with Crippen LogP contribution in [0.3, 0.4) is 0 Å². The Labute approximate surface area is 213 Å². The topological polar surface area (TPSA) is 37.0 Å². The monoisotopic (exact) mass is 478 g/mol. The minimum absolute atomic E-state index is 1.00. The van der Waals surface area contributed by atoms with Crippen LogP contribution in [0.4, 0.5) is 11.4 Å². The number of rotatable bonds is 9. The Kier molecular flexibility index (Phi) is 9.30. The van der Waals surface area contributed by atoms with Crippen LogP contribution in [-0.4, -0.2) is 90.3 Å². The van der Waals surface area contributed by atoms with Gasteiger partial charge in [0.1, 0.15) is 0 Å². The number of benzene rings is 1. The highest BCUT2D eigenvalue weighted by Crippen LogP contribution is 2.41. The molecule has 4 rings (SSSR count). The van der Waals surface area contributed by atoms with Crippen LogP contribution in [0, 0.1) is 0 Å². The molecule has 192 valence electrons. The van der Waals surface area contributed by atoms with Gasteiger partial charge in [-0.15, -0.1) is 0 Å². The number of fused-ring (bicyclic) bond motifs is 2. The minimum atomic E-state index is 1.00. The fraction of sp³-hybridized carbons (Fsp3) is 0.586. The highest BCUT2D eigenvalue weighted by molar-refractivity contribution is 5.83. The Morgan fingerprint density at radius 3 is 2.20 bits per heavy atom. The van der Waals surface area contributed by atoms with E-state index in [2.05, 4.69) is 94.9 Å². The molecule has 3 aliphatic rings. The lowest BCUT2D eigenvalue weighted by Gasteiger charge is -2.37. The van der Waals surface area contributed by atoms with Gasteiger partial charge >= 0.3 is 0 Å². The average molecular weight is 479 g/mol. The number of allylic oxidation sites excluding steroid dienone is 3. The molecule has 0 unspecified atom stereocenters. The molecule has 2 heterocycles. The minimum Gasteiger partial charge on any atom is -0.378 e. The standard InChI is InChI=1S/C29H46N6/c1-32(2)26-11-9-24-21-25-10-12-27(33(3)4)23-29(25)35(28(24)22-26)18-8-6-5-7-17-34-19-15-30-13-14-31-16-20-34/h9,11-12,21-23,30-31H,5-8,10,13-20H2,1-4H3. The smallest absolute Gasteiger partial charge is 0.0505 e. The number of anilines is 2. The first-order valence-electron chi connectivity index (χ1n) is 13.6. The maximum atomic E-state index is 3.53. The van der Waals surface area contributed by atoms with Gasteiger partial charge in [-0.25, -0.2) is 0 Å². The van der Waals surface area contributed by atoms with Crippen LogP contribution < -0.4 is 20.4 Å². The highest BCUT2D eigenvalue weighted by Gasteiger charge is 2.25. The van der Waals surface area contributed by atoms with Gasteiger partial charge in [0.2, 0.25) is 0 Å². The van der Waals surface area contributed by atoms with Crippen molar-refractivity contribution in [2.24, 2.45) is 0 Å². The van der Waals surface area contributed by atoms with Gasteiger partial charge in [-0.2, -0.15) is 0 Å². The van der Waals surface area contributed by atoms with E-state index in [0.29, 0.717) is 0 Å². The Morgan fingerprint density at radius 1 is 0.800 bits per heavy atom. The fourth-order valence-corrected chi connectivity index (χ4v) is 5.23. The summed E-state index contributed by atoms with van der Waals surface area (Å²) in [6.07, 6.45) is 13.2. The summed E-state index contributed by atoms with van der Waals surface area (Å²) in [5.41, 5.74) is 8.09. The van der Waals surface area contributed by atoms with Crippen molar-refractivity contribution in [3.8, 4) is 0 Å². The second kappa shape index (κ2) is 12.6. The van der Waals surface area contributed by atoms with E-state index in [0.717, 1.165) is 39.1 Å². The molecule has 0 aromatic heterocycles. The third kappa shape index (κ3) is 6.90. The summed E-state index contributed by atoms with van der Waals surface area (Å²) in [5, 5.41) is 7.05. The normalized spacial score (nSPS) is 18.9. The van der Waals surface area contributed by atoms with Gasteiger partial charge < -0.3 is 30.2 Å². The van der Waals surface area contributed by atoms with Crippen molar-refractivity contribution >= 4 is 17.5 Å². The van der Waals surface area contributed by atoms with Crippen LogP contribution in [0.2, 0.25) is 0 Å². The molecule has 2 aliphatic heterocycles. The molecule has 2 N–H and O–H groups in total. The van der Waals surface area contributed by atoms with Gasteiger partial charge in [-0.05, 0) is 61.2 Å². The fourth-order valence-electron chi connectivity index (χ4n) is 5.23. The van der Waals surface area contributed by atoms with Gasteiger partial charge in [-0.3, -0.25) is 0 Å². The first-order chi connectivity index (χ1) is 17.0. The highest BCUT2D eigenvalue weighted by atomic mass is 15.2. The van der Waals surface area contributed by atoms with Crippen LogP contribution in [-0.2, 0) is 0 Å². The summed E-state index contributed by atoms with van der Waals surface area (Å²) in [6.45, 7) is 9.03. The molecule has 6 heteroatoms. The lowest BCUT2D eigenvalue weighted by atomic mass is 9.92. The Bertz CT molecular complexity index is 919. The molecule has 0 bridgehead atoms. The quantitative estimate of drug-likeness (QED) is 0.527. The molecule has 1 saturated heterocycles. The van der Waals surface area contributed by atoms with Gasteiger partial charge in [0.25, 0.3) is 0 Å². The molecule has 35 heavy (non-hydrogen) atoms. The van der Waals surface area contributed by atoms with E-state index in [-0.39, 0.29) is 0 Å². The van der Waals surface area contributed by atoms with E-state index in [1.165, 1.54) is 79.2 Å². The summed E-state index contributed by atoms with van der Waals surface area (Å²) in [7, 11) is 8.54. The number of hydrogen-bond donors (Lipinski definition) is 2. The zero-order valence-corrected chi connectivity index (χ0v) is 22.4.